The van der Waals surface area contributed by atoms with Crippen LogP contribution in [0.15, 0.2) is 24.3 Å². The van der Waals surface area contributed by atoms with E-state index in [1.54, 1.807) is 0 Å². The molecule has 1 atom stereocenters. The minimum absolute atomic E-state index is 0.00479. The van der Waals surface area contributed by atoms with Gasteiger partial charge in [0.1, 0.15) is 5.00 Å². The Morgan fingerprint density at radius 2 is 1.92 bits per heavy atom. The Hall–Kier alpha value is -1.89. The molecule has 0 radical (unpaired) electrons. The second kappa shape index (κ2) is 8.20. The summed E-state index contributed by atoms with van der Waals surface area (Å²) < 4.78 is 0. The summed E-state index contributed by atoms with van der Waals surface area (Å²) in [6, 6.07) is 7.51. The van der Waals surface area contributed by atoms with Crippen molar-refractivity contribution in [2.75, 3.05) is 11.9 Å². The molecule has 1 heterocycles. The number of carbonyl (C=O) groups excluding carboxylic acids is 2. The van der Waals surface area contributed by atoms with E-state index in [1.807, 2.05) is 31.2 Å². The van der Waals surface area contributed by atoms with E-state index in [0.717, 1.165) is 36.8 Å². The highest BCUT2D eigenvalue weighted by atomic mass is 35.5. The fourth-order valence-corrected chi connectivity index (χ4v) is 4.64. The van der Waals surface area contributed by atoms with Gasteiger partial charge < -0.3 is 16.4 Å². The molecule has 138 valence electrons. The fraction of sp³-hybridized carbons (Fsp3) is 0.368. The molecule has 2 amide bonds. The van der Waals surface area contributed by atoms with Crippen molar-refractivity contribution in [1.82, 2.24) is 5.32 Å². The second-order valence-electron chi connectivity index (χ2n) is 6.48. The van der Waals surface area contributed by atoms with Crippen molar-refractivity contribution in [1.29, 1.82) is 0 Å². The third kappa shape index (κ3) is 4.26. The number of hydrogen-bond donors (Lipinski definition) is 3. The van der Waals surface area contributed by atoms with Crippen molar-refractivity contribution in [3.63, 3.8) is 0 Å². The number of thiophene rings is 1. The standard InChI is InChI=1S/C19H22ClN3O2S/c1-11(12-6-8-13(20)9-7-12)22-10-16(24)23-19-17(18(21)25)14-4-2-3-5-15(14)26-19/h6-9,11,22H,2-5,10H2,1H3,(H2,21,25)(H,23,24)/t11-/m1/s1. The molecule has 0 spiro atoms. The van der Waals surface area contributed by atoms with Gasteiger partial charge in [-0.2, -0.15) is 0 Å². The molecule has 0 fully saturated rings. The fourth-order valence-electron chi connectivity index (χ4n) is 3.20. The van der Waals surface area contributed by atoms with Gasteiger partial charge in [0, 0.05) is 15.9 Å². The number of fused-ring (bicyclic) bond motifs is 1. The molecule has 0 saturated heterocycles. The third-order valence-electron chi connectivity index (χ3n) is 4.61. The summed E-state index contributed by atoms with van der Waals surface area (Å²) in [7, 11) is 0. The zero-order valence-electron chi connectivity index (χ0n) is 14.6. The van der Waals surface area contributed by atoms with Gasteiger partial charge in [0.25, 0.3) is 5.91 Å². The quantitative estimate of drug-likeness (QED) is 0.702. The van der Waals surface area contributed by atoms with Gasteiger partial charge in [0.15, 0.2) is 0 Å². The number of nitrogens with two attached hydrogens (primary N) is 1. The minimum atomic E-state index is -0.470. The summed E-state index contributed by atoms with van der Waals surface area (Å²) in [6.45, 7) is 2.12. The summed E-state index contributed by atoms with van der Waals surface area (Å²) in [6.07, 6.45) is 3.96. The van der Waals surface area contributed by atoms with Gasteiger partial charge in [0.05, 0.1) is 12.1 Å². The predicted octanol–water partition coefficient (Wildman–Crippen LogP) is 3.67. The molecule has 2 aromatic rings. The van der Waals surface area contributed by atoms with Gasteiger partial charge in [-0.25, -0.2) is 0 Å². The highest BCUT2D eigenvalue weighted by molar-refractivity contribution is 7.17. The molecule has 3 rings (SSSR count). The lowest BCUT2D eigenvalue weighted by Gasteiger charge is -2.14. The zero-order chi connectivity index (χ0) is 18.7. The molecule has 5 nitrogen and oxygen atoms in total. The SMILES string of the molecule is C[C@@H](NCC(=O)Nc1sc2c(c1C(N)=O)CCCC2)c1ccc(Cl)cc1. The van der Waals surface area contributed by atoms with E-state index in [9.17, 15) is 9.59 Å². The lowest BCUT2D eigenvalue weighted by Crippen LogP contribution is -2.30. The van der Waals surface area contributed by atoms with Gasteiger partial charge in [-0.3, -0.25) is 9.59 Å². The summed E-state index contributed by atoms with van der Waals surface area (Å²) >= 11 is 7.37. The average molecular weight is 392 g/mol. The van der Waals surface area contributed by atoms with Crippen LogP contribution in [-0.2, 0) is 17.6 Å². The van der Waals surface area contributed by atoms with E-state index in [4.69, 9.17) is 17.3 Å². The van der Waals surface area contributed by atoms with Gasteiger partial charge in [-0.05, 0) is 55.9 Å². The smallest absolute Gasteiger partial charge is 0.251 e. The normalized spacial score (nSPS) is 14.5. The number of halogens is 1. The lowest BCUT2D eigenvalue weighted by molar-refractivity contribution is -0.115. The number of rotatable bonds is 6. The number of amides is 2. The Morgan fingerprint density at radius 3 is 2.62 bits per heavy atom. The van der Waals surface area contributed by atoms with Crippen LogP contribution in [0, 0.1) is 0 Å². The Kier molecular flexibility index (Phi) is 5.96. The Morgan fingerprint density at radius 1 is 1.23 bits per heavy atom. The topological polar surface area (TPSA) is 84.2 Å². The second-order valence-corrected chi connectivity index (χ2v) is 8.02. The first-order chi connectivity index (χ1) is 12.5. The van der Waals surface area contributed by atoms with Crippen LogP contribution < -0.4 is 16.4 Å². The van der Waals surface area contributed by atoms with Crippen molar-refractivity contribution in [2.45, 2.75) is 38.6 Å². The number of primary amides is 1. The summed E-state index contributed by atoms with van der Waals surface area (Å²) in [5.74, 6) is -0.658. The summed E-state index contributed by atoms with van der Waals surface area (Å²) in [4.78, 5) is 25.4. The molecular weight excluding hydrogens is 370 g/mol. The van der Waals surface area contributed by atoms with E-state index in [1.165, 1.54) is 16.2 Å². The molecular formula is C19H22ClN3O2S. The van der Waals surface area contributed by atoms with Crippen LogP contribution >= 0.6 is 22.9 Å². The molecule has 1 aromatic heterocycles. The number of anilines is 1. The van der Waals surface area contributed by atoms with Gasteiger partial charge in [0.2, 0.25) is 5.91 Å². The molecule has 1 aliphatic carbocycles. The van der Waals surface area contributed by atoms with Crippen LogP contribution in [0.4, 0.5) is 5.00 Å². The van der Waals surface area contributed by atoms with Crippen molar-refractivity contribution >= 4 is 39.8 Å². The molecule has 26 heavy (non-hydrogen) atoms. The maximum atomic E-state index is 12.3. The van der Waals surface area contributed by atoms with Gasteiger partial charge in [-0.15, -0.1) is 11.3 Å². The number of nitrogens with one attached hydrogen (secondary N) is 2. The highest BCUT2D eigenvalue weighted by Crippen LogP contribution is 2.37. The molecule has 0 aliphatic heterocycles. The Balaban J connectivity index is 1.64. The largest absolute Gasteiger partial charge is 0.365 e. The first-order valence-corrected chi connectivity index (χ1v) is 9.88. The van der Waals surface area contributed by atoms with Crippen LogP contribution in [0.5, 0.6) is 0 Å². The molecule has 0 bridgehead atoms. The molecule has 1 aliphatic rings. The number of carbonyl (C=O) groups is 2. The van der Waals surface area contributed by atoms with Crippen LogP contribution in [0.2, 0.25) is 5.02 Å². The van der Waals surface area contributed by atoms with Crippen LogP contribution in [0.3, 0.4) is 0 Å². The van der Waals surface area contributed by atoms with Gasteiger partial charge in [-0.1, -0.05) is 23.7 Å². The molecule has 1 aromatic carbocycles. The van der Waals surface area contributed by atoms with E-state index in [0.29, 0.717) is 15.6 Å². The Bertz CT molecular complexity index is 817. The maximum absolute atomic E-state index is 12.3. The van der Waals surface area contributed by atoms with Crippen LogP contribution in [-0.4, -0.2) is 18.4 Å². The predicted molar refractivity (Wildman–Crippen MR) is 106 cm³/mol. The van der Waals surface area contributed by atoms with Crippen molar-refractivity contribution in [3.05, 3.63) is 50.9 Å². The van der Waals surface area contributed by atoms with Crippen molar-refractivity contribution in [3.8, 4) is 0 Å². The number of aryl methyl sites for hydroxylation is 1. The highest BCUT2D eigenvalue weighted by Gasteiger charge is 2.24. The molecule has 0 saturated carbocycles. The summed E-state index contributed by atoms with van der Waals surface area (Å²) in [5.41, 5.74) is 8.12. The van der Waals surface area contributed by atoms with Crippen molar-refractivity contribution in [2.24, 2.45) is 5.73 Å². The summed E-state index contributed by atoms with van der Waals surface area (Å²) in [5, 5.41) is 7.30. The molecule has 7 heteroatoms. The molecule has 0 unspecified atom stereocenters. The Labute approximate surface area is 161 Å². The van der Waals surface area contributed by atoms with E-state index in [-0.39, 0.29) is 18.5 Å². The first-order valence-electron chi connectivity index (χ1n) is 8.68. The van der Waals surface area contributed by atoms with E-state index in [2.05, 4.69) is 10.6 Å². The van der Waals surface area contributed by atoms with Crippen molar-refractivity contribution < 1.29 is 9.59 Å². The monoisotopic (exact) mass is 391 g/mol. The third-order valence-corrected chi connectivity index (χ3v) is 6.07. The minimum Gasteiger partial charge on any atom is -0.365 e. The first kappa shape index (κ1) is 18.9. The number of hydrogen-bond acceptors (Lipinski definition) is 4. The number of benzene rings is 1. The van der Waals surface area contributed by atoms with E-state index >= 15 is 0 Å². The maximum Gasteiger partial charge on any atom is 0.251 e. The zero-order valence-corrected chi connectivity index (χ0v) is 16.2. The van der Waals surface area contributed by atoms with Gasteiger partial charge >= 0.3 is 0 Å². The van der Waals surface area contributed by atoms with Crippen LogP contribution in [0.25, 0.3) is 0 Å². The molecule has 4 N–H and O–H groups in total. The average Bonchev–Trinajstić information content (AvgIpc) is 2.98. The van der Waals surface area contributed by atoms with E-state index < -0.39 is 5.91 Å². The lowest BCUT2D eigenvalue weighted by atomic mass is 9.95. The van der Waals surface area contributed by atoms with Crippen LogP contribution in [0.1, 0.15) is 52.2 Å².